The summed E-state index contributed by atoms with van der Waals surface area (Å²) in [6.07, 6.45) is 1.58. The van der Waals surface area contributed by atoms with Crippen molar-refractivity contribution in [2.75, 3.05) is 39.4 Å². The fourth-order valence-corrected chi connectivity index (χ4v) is 2.33. The SMILES string of the molecule is O=C(CCOCC(F)(F)F)NCCCN1CCCCCC1. The Labute approximate surface area is 124 Å². The zero-order valence-electron chi connectivity index (χ0n) is 12.4. The van der Waals surface area contributed by atoms with Crippen molar-refractivity contribution >= 4 is 5.91 Å². The molecule has 0 spiro atoms. The molecular formula is C14H25F3N2O2. The summed E-state index contributed by atoms with van der Waals surface area (Å²) in [6, 6.07) is 0. The van der Waals surface area contributed by atoms with Gasteiger partial charge in [-0.3, -0.25) is 4.79 Å². The molecule has 1 amide bonds. The van der Waals surface area contributed by atoms with Crippen LogP contribution in [0.2, 0.25) is 0 Å². The van der Waals surface area contributed by atoms with Crippen LogP contribution in [-0.4, -0.2) is 56.4 Å². The first-order valence-corrected chi connectivity index (χ1v) is 7.61. The summed E-state index contributed by atoms with van der Waals surface area (Å²) in [5, 5.41) is 2.71. The van der Waals surface area contributed by atoms with Crippen LogP contribution in [0.3, 0.4) is 0 Å². The fourth-order valence-electron chi connectivity index (χ4n) is 2.33. The number of likely N-dealkylation sites (tertiary alicyclic amines) is 1. The van der Waals surface area contributed by atoms with Crippen LogP contribution in [0, 0.1) is 0 Å². The maximum Gasteiger partial charge on any atom is 0.411 e. The molecule has 0 aliphatic carbocycles. The number of amides is 1. The molecule has 1 rings (SSSR count). The molecule has 0 bridgehead atoms. The largest absolute Gasteiger partial charge is 0.411 e. The van der Waals surface area contributed by atoms with Crippen LogP contribution >= 0.6 is 0 Å². The zero-order valence-corrected chi connectivity index (χ0v) is 12.4. The molecule has 7 heteroatoms. The highest BCUT2D eigenvalue weighted by molar-refractivity contribution is 5.75. The van der Waals surface area contributed by atoms with Crippen molar-refractivity contribution in [2.45, 2.75) is 44.7 Å². The molecule has 0 unspecified atom stereocenters. The summed E-state index contributed by atoms with van der Waals surface area (Å²) in [6.45, 7) is 2.28. The van der Waals surface area contributed by atoms with E-state index < -0.39 is 12.8 Å². The van der Waals surface area contributed by atoms with Crippen LogP contribution in [0.1, 0.15) is 38.5 Å². The third-order valence-electron chi connectivity index (χ3n) is 3.41. The number of rotatable bonds is 8. The average molecular weight is 310 g/mol. The van der Waals surface area contributed by atoms with Crippen LogP contribution in [0.5, 0.6) is 0 Å². The van der Waals surface area contributed by atoms with Gasteiger partial charge in [-0.2, -0.15) is 13.2 Å². The Morgan fingerprint density at radius 1 is 1.14 bits per heavy atom. The van der Waals surface area contributed by atoms with Crippen molar-refractivity contribution in [1.82, 2.24) is 10.2 Å². The van der Waals surface area contributed by atoms with Gasteiger partial charge >= 0.3 is 6.18 Å². The van der Waals surface area contributed by atoms with Gasteiger partial charge in [-0.15, -0.1) is 0 Å². The van der Waals surface area contributed by atoms with E-state index in [0.717, 1.165) is 26.1 Å². The smallest absolute Gasteiger partial charge is 0.372 e. The highest BCUT2D eigenvalue weighted by Gasteiger charge is 2.27. The quantitative estimate of drug-likeness (QED) is 0.700. The third-order valence-corrected chi connectivity index (χ3v) is 3.41. The van der Waals surface area contributed by atoms with Gasteiger partial charge in [0.05, 0.1) is 6.61 Å². The lowest BCUT2D eigenvalue weighted by molar-refractivity contribution is -0.174. The van der Waals surface area contributed by atoms with E-state index in [1.807, 2.05) is 0 Å². The van der Waals surface area contributed by atoms with Crippen molar-refractivity contribution in [2.24, 2.45) is 0 Å². The minimum absolute atomic E-state index is 0.0280. The Balaban J connectivity index is 1.95. The Kier molecular flexibility index (Phi) is 8.68. The van der Waals surface area contributed by atoms with Gasteiger partial charge in [-0.1, -0.05) is 12.8 Å². The maximum atomic E-state index is 11.8. The molecule has 1 fully saturated rings. The van der Waals surface area contributed by atoms with Crippen molar-refractivity contribution < 1.29 is 22.7 Å². The lowest BCUT2D eigenvalue weighted by Gasteiger charge is -2.19. The first kappa shape index (κ1) is 18.2. The van der Waals surface area contributed by atoms with Crippen molar-refractivity contribution in [1.29, 1.82) is 0 Å². The summed E-state index contributed by atoms with van der Waals surface area (Å²) < 4.78 is 39.8. The summed E-state index contributed by atoms with van der Waals surface area (Å²) in [7, 11) is 0. The molecule has 0 atom stereocenters. The average Bonchev–Trinajstić information content (AvgIpc) is 2.67. The van der Waals surface area contributed by atoms with Gasteiger partial charge < -0.3 is 15.0 Å². The molecule has 124 valence electrons. The first-order chi connectivity index (χ1) is 9.97. The van der Waals surface area contributed by atoms with Gasteiger partial charge in [-0.05, 0) is 38.9 Å². The van der Waals surface area contributed by atoms with E-state index in [9.17, 15) is 18.0 Å². The van der Waals surface area contributed by atoms with E-state index >= 15 is 0 Å². The Bertz CT molecular complexity index is 290. The molecular weight excluding hydrogens is 285 g/mol. The van der Waals surface area contributed by atoms with E-state index in [1.54, 1.807) is 0 Å². The number of carbonyl (C=O) groups excluding carboxylic acids is 1. The molecule has 1 saturated heterocycles. The fraction of sp³-hybridized carbons (Fsp3) is 0.929. The second-order valence-corrected chi connectivity index (χ2v) is 5.38. The number of halogens is 3. The second-order valence-electron chi connectivity index (χ2n) is 5.38. The van der Waals surface area contributed by atoms with Crippen LogP contribution in [0.4, 0.5) is 13.2 Å². The van der Waals surface area contributed by atoms with E-state index in [4.69, 9.17) is 0 Å². The number of carbonyl (C=O) groups is 1. The molecule has 1 N–H and O–H groups in total. The van der Waals surface area contributed by atoms with Crippen molar-refractivity contribution in [3.05, 3.63) is 0 Å². The molecule has 21 heavy (non-hydrogen) atoms. The van der Waals surface area contributed by atoms with Gasteiger partial charge in [0, 0.05) is 13.0 Å². The standard InChI is InChI=1S/C14H25F3N2O2/c15-14(16,17)12-21-11-6-13(20)18-7-5-10-19-8-3-1-2-4-9-19/h1-12H2,(H,18,20). The third kappa shape index (κ3) is 10.5. The topological polar surface area (TPSA) is 41.6 Å². The van der Waals surface area contributed by atoms with Crippen LogP contribution in [0.25, 0.3) is 0 Å². The lowest BCUT2D eigenvalue weighted by atomic mass is 10.2. The van der Waals surface area contributed by atoms with Crippen LogP contribution in [-0.2, 0) is 9.53 Å². The molecule has 1 aliphatic heterocycles. The van der Waals surface area contributed by atoms with Gasteiger partial charge in [0.15, 0.2) is 0 Å². The number of nitrogens with zero attached hydrogens (tertiary/aromatic N) is 1. The summed E-state index contributed by atoms with van der Waals surface area (Å²) in [5.41, 5.74) is 0. The Morgan fingerprint density at radius 3 is 2.43 bits per heavy atom. The normalized spacial score (nSPS) is 17.5. The maximum absolute atomic E-state index is 11.8. The molecule has 4 nitrogen and oxygen atoms in total. The number of alkyl halides is 3. The molecule has 0 aromatic carbocycles. The minimum atomic E-state index is -4.33. The molecule has 0 saturated carbocycles. The predicted molar refractivity (Wildman–Crippen MR) is 74.0 cm³/mol. The van der Waals surface area contributed by atoms with E-state index in [1.165, 1.54) is 25.7 Å². The summed E-state index contributed by atoms with van der Waals surface area (Å²) in [4.78, 5) is 13.8. The van der Waals surface area contributed by atoms with Crippen LogP contribution < -0.4 is 5.32 Å². The van der Waals surface area contributed by atoms with Gasteiger partial charge in [0.1, 0.15) is 6.61 Å². The molecule has 1 heterocycles. The summed E-state index contributed by atoms with van der Waals surface area (Å²) >= 11 is 0. The van der Waals surface area contributed by atoms with E-state index in [0.29, 0.717) is 6.54 Å². The highest BCUT2D eigenvalue weighted by atomic mass is 19.4. The number of ether oxygens (including phenoxy) is 1. The predicted octanol–water partition coefficient (Wildman–Crippen LogP) is 2.34. The number of hydrogen-bond donors (Lipinski definition) is 1. The van der Waals surface area contributed by atoms with Crippen LogP contribution in [0.15, 0.2) is 0 Å². The van der Waals surface area contributed by atoms with Gasteiger partial charge in [0.2, 0.25) is 5.91 Å². The zero-order chi connectivity index (χ0) is 15.6. The molecule has 1 aliphatic rings. The lowest BCUT2D eigenvalue weighted by Crippen LogP contribution is -2.31. The Hall–Kier alpha value is -0.820. The van der Waals surface area contributed by atoms with Crippen molar-refractivity contribution in [3.8, 4) is 0 Å². The molecule has 0 aromatic rings. The Morgan fingerprint density at radius 2 is 1.81 bits per heavy atom. The number of nitrogens with one attached hydrogen (secondary N) is 1. The minimum Gasteiger partial charge on any atom is -0.372 e. The first-order valence-electron chi connectivity index (χ1n) is 7.61. The van der Waals surface area contributed by atoms with Gasteiger partial charge in [0.25, 0.3) is 0 Å². The van der Waals surface area contributed by atoms with Crippen molar-refractivity contribution in [3.63, 3.8) is 0 Å². The summed E-state index contributed by atoms with van der Waals surface area (Å²) in [5.74, 6) is -0.256. The molecule has 0 aromatic heterocycles. The highest BCUT2D eigenvalue weighted by Crippen LogP contribution is 2.14. The second kappa shape index (κ2) is 10.00. The van der Waals surface area contributed by atoms with Gasteiger partial charge in [-0.25, -0.2) is 0 Å². The molecule has 0 radical (unpaired) electrons. The van der Waals surface area contributed by atoms with E-state index in [2.05, 4.69) is 15.0 Å². The van der Waals surface area contributed by atoms with E-state index in [-0.39, 0.29) is 18.9 Å². The number of hydrogen-bond acceptors (Lipinski definition) is 3. The monoisotopic (exact) mass is 310 g/mol.